The molecule has 0 fully saturated rings. The van der Waals surface area contributed by atoms with E-state index < -0.39 is 12.0 Å². The van der Waals surface area contributed by atoms with Gasteiger partial charge >= 0.3 is 5.97 Å². The van der Waals surface area contributed by atoms with Crippen LogP contribution in [0.15, 0.2) is 24.3 Å². The maximum Gasteiger partial charge on any atom is 0.320 e. The van der Waals surface area contributed by atoms with Crippen LogP contribution >= 0.6 is 11.3 Å². The smallest absolute Gasteiger partial charge is 0.320 e. The lowest BCUT2D eigenvalue weighted by molar-refractivity contribution is -0.138. The summed E-state index contributed by atoms with van der Waals surface area (Å²) in [6.07, 6.45) is 0.922. The molecule has 0 spiro atoms. The number of rotatable bonds is 7. The molecular weight excluding hydrogens is 290 g/mol. The number of nitrogens with zero attached hydrogens (tertiary/aromatic N) is 1. The van der Waals surface area contributed by atoms with Crippen LogP contribution in [0.5, 0.6) is 0 Å². The highest BCUT2D eigenvalue weighted by molar-refractivity contribution is 7.18. The van der Waals surface area contributed by atoms with Gasteiger partial charge in [-0.05, 0) is 18.6 Å². The van der Waals surface area contributed by atoms with Gasteiger partial charge < -0.3 is 16.2 Å². The topological polar surface area (TPSA) is 105 Å². The highest BCUT2D eigenvalue weighted by Gasteiger charge is 2.13. The molecule has 6 nitrogen and oxygen atoms in total. The number of para-hydroxylation sites is 1. The number of hydrogen-bond donors (Lipinski definition) is 3. The molecule has 112 valence electrons. The third kappa shape index (κ3) is 4.51. The van der Waals surface area contributed by atoms with Crippen molar-refractivity contribution in [3.8, 4) is 0 Å². The minimum atomic E-state index is -1.09. The van der Waals surface area contributed by atoms with Crippen LogP contribution in [0.1, 0.15) is 17.8 Å². The number of carbonyl (C=O) groups is 2. The molecule has 0 aliphatic carbocycles. The number of fused-ring (bicyclic) bond motifs is 1. The number of thiazole rings is 1. The third-order valence-corrected chi connectivity index (χ3v) is 4.09. The Morgan fingerprint density at radius 2 is 2.14 bits per heavy atom. The van der Waals surface area contributed by atoms with Crippen molar-refractivity contribution in [2.45, 2.75) is 25.3 Å². The van der Waals surface area contributed by atoms with Gasteiger partial charge in [-0.15, -0.1) is 11.3 Å². The molecule has 0 saturated heterocycles. The molecular formula is C14H17N3O3S. The molecule has 1 aromatic carbocycles. The van der Waals surface area contributed by atoms with Gasteiger partial charge in [-0.3, -0.25) is 9.59 Å². The Morgan fingerprint density at radius 3 is 2.86 bits per heavy atom. The Kier molecular flexibility index (Phi) is 5.24. The Balaban J connectivity index is 1.73. The molecule has 1 atom stereocenters. The fraction of sp³-hybridized carbons (Fsp3) is 0.357. The lowest BCUT2D eigenvalue weighted by Gasteiger charge is -2.06. The van der Waals surface area contributed by atoms with Gasteiger partial charge in [0, 0.05) is 19.4 Å². The molecule has 2 rings (SSSR count). The van der Waals surface area contributed by atoms with Crippen molar-refractivity contribution in [3.05, 3.63) is 29.3 Å². The third-order valence-electron chi connectivity index (χ3n) is 3.00. The van der Waals surface area contributed by atoms with E-state index >= 15 is 0 Å². The first-order valence-electron chi connectivity index (χ1n) is 6.66. The number of hydrogen-bond acceptors (Lipinski definition) is 5. The molecule has 7 heteroatoms. The maximum atomic E-state index is 11.6. The van der Waals surface area contributed by atoms with E-state index in [0.717, 1.165) is 15.2 Å². The molecule has 2 aromatic rings. The fourth-order valence-corrected chi connectivity index (χ4v) is 2.80. The van der Waals surface area contributed by atoms with Crippen molar-refractivity contribution >= 4 is 33.4 Å². The second-order valence-electron chi connectivity index (χ2n) is 4.66. The zero-order chi connectivity index (χ0) is 15.2. The van der Waals surface area contributed by atoms with Crippen LogP contribution in [0.3, 0.4) is 0 Å². The van der Waals surface area contributed by atoms with Crippen molar-refractivity contribution in [2.24, 2.45) is 5.73 Å². The summed E-state index contributed by atoms with van der Waals surface area (Å²) in [5.41, 5.74) is 6.31. The molecule has 1 heterocycles. The van der Waals surface area contributed by atoms with Crippen LogP contribution in [-0.2, 0) is 16.0 Å². The quantitative estimate of drug-likeness (QED) is 0.711. The Labute approximate surface area is 126 Å². The van der Waals surface area contributed by atoms with E-state index in [1.165, 1.54) is 0 Å². The summed E-state index contributed by atoms with van der Waals surface area (Å²) in [7, 11) is 0. The normalized spacial score (nSPS) is 12.2. The lowest BCUT2D eigenvalue weighted by Crippen LogP contribution is -2.33. The Hall–Kier alpha value is -1.99. The second-order valence-corrected chi connectivity index (χ2v) is 5.77. The molecule has 4 N–H and O–H groups in total. The van der Waals surface area contributed by atoms with E-state index in [4.69, 9.17) is 10.8 Å². The second kappa shape index (κ2) is 7.14. The van der Waals surface area contributed by atoms with Crippen LogP contribution in [0.25, 0.3) is 10.2 Å². The standard InChI is InChI=1S/C14H17N3O3S/c15-9(14(19)20)5-6-12(18)16-8-7-13-17-10-3-1-2-4-11(10)21-13/h1-4,9H,5-8,15H2,(H,16,18)(H,19,20). The van der Waals surface area contributed by atoms with E-state index in [0.29, 0.717) is 13.0 Å². The summed E-state index contributed by atoms with van der Waals surface area (Å²) in [4.78, 5) is 26.6. The number of nitrogens with two attached hydrogens (primary N) is 1. The van der Waals surface area contributed by atoms with E-state index in [1.54, 1.807) is 11.3 Å². The molecule has 1 aromatic heterocycles. The van der Waals surface area contributed by atoms with Crippen molar-refractivity contribution in [3.63, 3.8) is 0 Å². The van der Waals surface area contributed by atoms with Crippen LogP contribution in [0.2, 0.25) is 0 Å². The van der Waals surface area contributed by atoms with E-state index in [9.17, 15) is 9.59 Å². The number of nitrogens with one attached hydrogen (secondary N) is 1. The van der Waals surface area contributed by atoms with Crippen LogP contribution in [0, 0.1) is 0 Å². The van der Waals surface area contributed by atoms with Crippen molar-refractivity contribution in [1.29, 1.82) is 0 Å². The zero-order valence-electron chi connectivity index (χ0n) is 11.4. The van der Waals surface area contributed by atoms with Gasteiger partial charge in [0.15, 0.2) is 0 Å². The van der Waals surface area contributed by atoms with E-state index in [-0.39, 0.29) is 18.7 Å². The zero-order valence-corrected chi connectivity index (χ0v) is 12.2. The van der Waals surface area contributed by atoms with Gasteiger partial charge in [0.2, 0.25) is 5.91 Å². The summed E-state index contributed by atoms with van der Waals surface area (Å²) in [6.45, 7) is 0.487. The number of carbonyl (C=O) groups excluding carboxylic acids is 1. The number of carboxylic acid groups (broad SMARTS) is 1. The minimum Gasteiger partial charge on any atom is -0.480 e. The first-order chi connectivity index (χ1) is 10.1. The van der Waals surface area contributed by atoms with Gasteiger partial charge in [-0.1, -0.05) is 12.1 Å². The number of carboxylic acids is 1. The number of aromatic nitrogens is 1. The maximum absolute atomic E-state index is 11.6. The minimum absolute atomic E-state index is 0.118. The summed E-state index contributed by atoms with van der Waals surface area (Å²) in [5, 5.41) is 12.3. The predicted molar refractivity (Wildman–Crippen MR) is 81.2 cm³/mol. The monoisotopic (exact) mass is 307 g/mol. The lowest BCUT2D eigenvalue weighted by atomic mass is 10.1. The average molecular weight is 307 g/mol. The largest absolute Gasteiger partial charge is 0.480 e. The van der Waals surface area contributed by atoms with Crippen LogP contribution in [-0.4, -0.2) is 34.6 Å². The van der Waals surface area contributed by atoms with E-state index in [2.05, 4.69) is 10.3 Å². The molecule has 0 radical (unpaired) electrons. The van der Waals surface area contributed by atoms with Crippen molar-refractivity contribution < 1.29 is 14.7 Å². The summed E-state index contributed by atoms with van der Waals surface area (Å²) in [5.74, 6) is -1.27. The number of benzene rings is 1. The molecule has 1 unspecified atom stereocenters. The van der Waals surface area contributed by atoms with Gasteiger partial charge in [0.25, 0.3) is 0 Å². The molecule has 21 heavy (non-hydrogen) atoms. The number of amides is 1. The summed E-state index contributed by atoms with van der Waals surface area (Å²) in [6, 6.07) is 6.90. The average Bonchev–Trinajstić information content (AvgIpc) is 2.87. The van der Waals surface area contributed by atoms with Crippen molar-refractivity contribution in [2.75, 3.05) is 6.54 Å². The Morgan fingerprint density at radius 1 is 1.38 bits per heavy atom. The highest BCUT2D eigenvalue weighted by atomic mass is 32.1. The van der Waals surface area contributed by atoms with Gasteiger partial charge in [0.1, 0.15) is 6.04 Å². The highest BCUT2D eigenvalue weighted by Crippen LogP contribution is 2.21. The first kappa shape index (κ1) is 15.4. The molecule has 0 aliphatic rings. The van der Waals surface area contributed by atoms with E-state index in [1.807, 2.05) is 24.3 Å². The molecule has 1 amide bonds. The summed E-state index contributed by atoms with van der Waals surface area (Å²) < 4.78 is 1.13. The van der Waals surface area contributed by atoms with Gasteiger partial charge in [-0.2, -0.15) is 0 Å². The van der Waals surface area contributed by atoms with Crippen LogP contribution in [0.4, 0.5) is 0 Å². The first-order valence-corrected chi connectivity index (χ1v) is 7.47. The molecule has 0 saturated carbocycles. The SMILES string of the molecule is NC(CCC(=O)NCCc1nc2ccccc2s1)C(=O)O. The Bertz CT molecular complexity index is 608. The van der Waals surface area contributed by atoms with Gasteiger partial charge in [-0.25, -0.2) is 4.98 Å². The predicted octanol–water partition coefficient (Wildman–Crippen LogP) is 1.15. The molecule has 0 bridgehead atoms. The van der Waals surface area contributed by atoms with Gasteiger partial charge in [0.05, 0.1) is 15.2 Å². The number of aliphatic carboxylic acids is 1. The van der Waals surface area contributed by atoms with Crippen LogP contribution < -0.4 is 11.1 Å². The fourth-order valence-electron chi connectivity index (χ4n) is 1.83. The molecule has 0 aliphatic heterocycles. The summed E-state index contributed by atoms with van der Waals surface area (Å²) >= 11 is 1.61. The van der Waals surface area contributed by atoms with Crippen molar-refractivity contribution in [1.82, 2.24) is 10.3 Å².